The Balaban J connectivity index is 1.86. The third-order valence-electron chi connectivity index (χ3n) is 3.22. The lowest BCUT2D eigenvalue weighted by atomic mass is 10.0. The molecule has 1 aromatic carbocycles. The van der Waals surface area contributed by atoms with Crippen LogP contribution in [0.15, 0.2) is 18.2 Å². The van der Waals surface area contributed by atoms with Gasteiger partial charge in [-0.05, 0) is 37.6 Å². The van der Waals surface area contributed by atoms with Crippen LogP contribution in [0, 0.1) is 5.82 Å². The molecule has 1 aromatic rings. The molecule has 1 aliphatic rings. The van der Waals surface area contributed by atoms with Crippen molar-refractivity contribution >= 4 is 11.6 Å². The van der Waals surface area contributed by atoms with Gasteiger partial charge in [-0.1, -0.05) is 17.7 Å². The van der Waals surface area contributed by atoms with E-state index < -0.39 is 0 Å². The molecule has 2 nitrogen and oxygen atoms in total. The lowest BCUT2D eigenvalue weighted by Gasteiger charge is -2.30. The van der Waals surface area contributed by atoms with Crippen molar-refractivity contribution in [1.29, 1.82) is 0 Å². The maximum Gasteiger partial charge on any atom is 0.141 e. The van der Waals surface area contributed by atoms with Crippen molar-refractivity contribution < 1.29 is 4.39 Å². The van der Waals surface area contributed by atoms with Gasteiger partial charge in [-0.15, -0.1) is 0 Å². The van der Waals surface area contributed by atoms with E-state index in [2.05, 4.69) is 17.3 Å². The SMILES string of the molecule is CN1CCNC(CCc2ccc(F)c(Cl)c2)C1. The topological polar surface area (TPSA) is 15.3 Å². The number of piperazine rings is 1. The standard InChI is InChI=1S/C13H18ClFN2/c1-17-7-6-16-11(9-17)4-2-10-3-5-13(15)12(14)8-10/h3,5,8,11,16H,2,4,6-7,9H2,1H3. The maximum absolute atomic E-state index is 13.0. The first-order valence-electron chi connectivity index (χ1n) is 6.01. The van der Waals surface area contributed by atoms with Gasteiger partial charge in [0.05, 0.1) is 5.02 Å². The molecule has 1 unspecified atom stereocenters. The Hall–Kier alpha value is -0.640. The first-order chi connectivity index (χ1) is 8.15. The summed E-state index contributed by atoms with van der Waals surface area (Å²) >= 11 is 5.76. The minimum atomic E-state index is -0.342. The molecule has 0 aromatic heterocycles. The second-order valence-electron chi connectivity index (χ2n) is 4.70. The fourth-order valence-corrected chi connectivity index (χ4v) is 2.42. The van der Waals surface area contributed by atoms with Crippen molar-refractivity contribution in [2.24, 2.45) is 0 Å². The molecular weight excluding hydrogens is 239 g/mol. The van der Waals surface area contributed by atoms with Crippen molar-refractivity contribution in [1.82, 2.24) is 10.2 Å². The van der Waals surface area contributed by atoms with Crippen LogP contribution < -0.4 is 5.32 Å². The van der Waals surface area contributed by atoms with Gasteiger partial charge in [-0.3, -0.25) is 0 Å². The zero-order chi connectivity index (χ0) is 12.3. The predicted molar refractivity (Wildman–Crippen MR) is 69.0 cm³/mol. The summed E-state index contributed by atoms with van der Waals surface area (Å²) in [4.78, 5) is 2.33. The molecule has 0 spiro atoms. The number of hydrogen-bond acceptors (Lipinski definition) is 2. The molecule has 0 amide bonds. The third-order valence-corrected chi connectivity index (χ3v) is 3.51. The number of benzene rings is 1. The van der Waals surface area contributed by atoms with Crippen LogP contribution in [0.4, 0.5) is 4.39 Å². The molecule has 1 saturated heterocycles. The summed E-state index contributed by atoms with van der Waals surface area (Å²) in [5, 5.41) is 3.72. The van der Waals surface area contributed by atoms with Crippen LogP contribution in [0.3, 0.4) is 0 Å². The van der Waals surface area contributed by atoms with E-state index in [4.69, 9.17) is 11.6 Å². The van der Waals surface area contributed by atoms with E-state index in [0.717, 1.165) is 38.0 Å². The monoisotopic (exact) mass is 256 g/mol. The van der Waals surface area contributed by atoms with Crippen LogP contribution in [0.25, 0.3) is 0 Å². The first kappa shape index (κ1) is 12.8. The van der Waals surface area contributed by atoms with Crippen molar-refractivity contribution in [3.05, 3.63) is 34.6 Å². The van der Waals surface area contributed by atoms with E-state index in [9.17, 15) is 4.39 Å². The highest BCUT2D eigenvalue weighted by Gasteiger charge is 2.15. The Kier molecular flexibility index (Phi) is 4.37. The van der Waals surface area contributed by atoms with Crippen LogP contribution in [0.5, 0.6) is 0 Å². The number of nitrogens with zero attached hydrogens (tertiary/aromatic N) is 1. The molecule has 0 radical (unpaired) electrons. The summed E-state index contributed by atoms with van der Waals surface area (Å²) in [5.74, 6) is -0.342. The molecule has 1 aliphatic heterocycles. The fourth-order valence-electron chi connectivity index (χ4n) is 2.22. The minimum absolute atomic E-state index is 0.219. The summed E-state index contributed by atoms with van der Waals surface area (Å²) in [5.41, 5.74) is 1.10. The number of rotatable bonds is 3. The number of nitrogens with one attached hydrogen (secondary N) is 1. The largest absolute Gasteiger partial charge is 0.311 e. The molecule has 1 fully saturated rings. The highest BCUT2D eigenvalue weighted by Crippen LogP contribution is 2.17. The summed E-state index contributed by atoms with van der Waals surface area (Å²) < 4.78 is 13.0. The Morgan fingerprint density at radius 1 is 1.53 bits per heavy atom. The normalized spacial score (nSPS) is 21.7. The molecular formula is C13H18ClFN2. The van der Waals surface area contributed by atoms with Crippen LogP contribution >= 0.6 is 11.6 Å². The Morgan fingerprint density at radius 2 is 2.35 bits per heavy atom. The smallest absolute Gasteiger partial charge is 0.141 e. The molecule has 1 N–H and O–H groups in total. The molecule has 0 saturated carbocycles. The van der Waals surface area contributed by atoms with Gasteiger partial charge >= 0.3 is 0 Å². The van der Waals surface area contributed by atoms with Crippen LogP contribution in [-0.4, -0.2) is 37.6 Å². The van der Waals surface area contributed by atoms with Gasteiger partial charge in [0, 0.05) is 25.7 Å². The molecule has 17 heavy (non-hydrogen) atoms. The van der Waals surface area contributed by atoms with Crippen molar-refractivity contribution in [2.75, 3.05) is 26.7 Å². The van der Waals surface area contributed by atoms with E-state index in [1.165, 1.54) is 6.07 Å². The third kappa shape index (κ3) is 3.66. The van der Waals surface area contributed by atoms with Gasteiger partial charge in [0.15, 0.2) is 0 Å². The molecule has 1 heterocycles. The quantitative estimate of drug-likeness (QED) is 0.893. The van der Waals surface area contributed by atoms with E-state index in [-0.39, 0.29) is 10.8 Å². The van der Waals surface area contributed by atoms with Gasteiger partial charge < -0.3 is 10.2 Å². The van der Waals surface area contributed by atoms with Crippen LogP contribution in [0.2, 0.25) is 5.02 Å². The van der Waals surface area contributed by atoms with E-state index in [1.807, 2.05) is 6.07 Å². The highest BCUT2D eigenvalue weighted by atomic mass is 35.5. The zero-order valence-electron chi connectivity index (χ0n) is 10.0. The second kappa shape index (κ2) is 5.80. The molecule has 0 aliphatic carbocycles. The predicted octanol–water partition coefficient (Wildman–Crippen LogP) is 2.32. The van der Waals surface area contributed by atoms with E-state index in [0.29, 0.717) is 6.04 Å². The minimum Gasteiger partial charge on any atom is -0.311 e. The Bertz CT molecular complexity index is 384. The lowest BCUT2D eigenvalue weighted by Crippen LogP contribution is -2.49. The van der Waals surface area contributed by atoms with Gasteiger partial charge in [0.2, 0.25) is 0 Å². The van der Waals surface area contributed by atoms with Crippen LogP contribution in [0.1, 0.15) is 12.0 Å². The van der Waals surface area contributed by atoms with Crippen LogP contribution in [-0.2, 0) is 6.42 Å². The molecule has 4 heteroatoms. The molecule has 1 atom stereocenters. The van der Waals surface area contributed by atoms with E-state index >= 15 is 0 Å². The van der Waals surface area contributed by atoms with Crippen molar-refractivity contribution in [2.45, 2.75) is 18.9 Å². The van der Waals surface area contributed by atoms with Gasteiger partial charge in [0.25, 0.3) is 0 Å². The number of halogens is 2. The molecule has 0 bridgehead atoms. The zero-order valence-corrected chi connectivity index (χ0v) is 10.8. The van der Waals surface area contributed by atoms with Crippen molar-refractivity contribution in [3.8, 4) is 0 Å². The maximum atomic E-state index is 13.0. The molecule has 94 valence electrons. The first-order valence-corrected chi connectivity index (χ1v) is 6.39. The fraction of sp³-hybridized carbons (Fsp3) is 0.538. The van der Waals surface area contributed by atoms with Gasteiger partial charge in [-0.25, -0.2) is 4.39 Å². The second-order valence-corrected chi connectivity index (χ2v) is 5.11. The average molecular weight is 257 g/mol. The average Bonchev–Trinajstić information content (AvgIpc) is 2.31. The summed E-state index contributed by atoms with van der Waals surface area (Å²) in [6, 6.07) is 5.51. The number of hydrogen-bond donors (Lipinski definition) is 1. The number of aryl methyl sites for hydroxylation is 1. The lowest BCUT2D eigenvalue weighted by molar-refractivity contribution is 0.232. The molecule has 2 rings (SSSR count). The van der Waals surface area contributed by atoms with Gasteiger partial charge in [-0.2, -0.15) is 0 Å². The Labute approximate surface area is 107 Å². The Morgan fingerprint density at radius 3 is 3.06 bits per heavy atom. The van der Waals surface area contributed by atoms with Crippen molar-refractivity contribution in [3.63, 3.8) is 0 Å². The van der Waals surface area contributed by atoms with E-state index in [1.54, 1.807) is 6.07 Å². The summed E-state index contributed by atoms with van der Waals surface area (Å²) in [7, 11) is 2.14. The van der Waals surface area contributed by atoms with Gasteiger partial charge in [0.1, 0.15) is 5.82 Å². The number of likely N-dealkylation sites (N-methyl/N-ethyl adjacent to an activating group) is 1. The summed E-state index contributed by atoms with van der Waals surface area (Å²) in [6.07, 6.45) is 2.00. The summed E-state index contributed by atoms with van der Waals surface area (Å²) in [6.45, 7) is 3.24. The highest BCUT2D eigenvalue weighted by molar-refractivity contribution is 6.30.